The molecule has 8 heteroatoms. The van der Waals surface area contributed by atoms with Crippen molar-refractivity contribution in [1.82, 2.24) is 4.48 Å². The van der Waals surface area contributed by atoms with E-state index >= 15 is 8.63 Å². The highest BCUT2D eigenvalue weighted by molar-refractivity contribution is 9.18. The van der Waals surface area contributed by atoms with Gasteiger partial charge < -0.3 is 22.3 Å². The summed E-state index contributed by atoms with van der Waals surface area (Å²) in [6, 6.07) is 20.8. The Morgan fingerprint density at radius 2 is 1.73 bits per heavy atom. The second kappa shape index (κ2) is 7.36. The zero-order valence-corrected chi connectivity index (χ0v) is 18.8. The summed E-state index contributed by atoms with van der Waals surface area (Å²) in [7, 11) is 0. The molecular formula is C22H15BBr2F2N2O. The number of hydrogen-bond donors (Lipinski definition) is 0. The average molecular weight is 532 g/mol. The molecule has 0 saturated carbocycles. The number of benzene rings is 2. The van der Waals surface area contributed by atoms with E-state index in [1.807, 2.05) is 54.6 Å². The smallest absolute Gasteiger partial charge is 0.489 e. The highest BCUT2D eigenvalue weighted by Crippen LogP contribution is 2.42. The molecule has 0 fully saturated rings. The van der Waals surface area contributed by atoms with Gasteiger partial charge in [-0.1, -0.05) is 42.5 Å². The van der Waals surface area contributed by atoms with E-state index in [0.29, 0.717) is 33.0 Å². The molecule has 150 valence electrons. The molecule has 2 aliphatic heterocycles. The van der Waals surface area contributed by atoms with E-state index in [0.717, 1.165) is 25.7 Å². The second-order valence-electron chi connectivity index (χ2n) is 7.09. The summed E-state index contributed by atoms with van der Waals surface area (Å²) >= 11 is 6.58. The largest absolute Gasteiger partial charge is 0.738 e. The molecule has 0 saturated heterocycles. The number of halogens is 4. The van der Waals surface area contributed by atoms with Crippen molar-refractivity contribution in [3.05, 3.63) is 106 Å². The molecule has 0 bridgehead atoms. The van der Waals surface area contributed by atoms with Crippen molar-refractivity contribution < 1.29 is 17.9 Å². The minimum absolute atomic E-state index is 0.336. The first-order valence-electron chi connectivity index (χ1n) is 9.37. The van der Waals surface area contributed by atoms with E-state index in [4.69, 9.17) is 4.74 Å². The molecule has 0 aliphatic carbocycles. The van der Waals surface area contributed by atoms with E-state index in [1.54, 1.807) is 24.3 Å². The molecule has 0 radical (unpaired) electrons. The summed E-state index contributed by atoms with van der Waals surface area (Å²) < 4.78 is 39.4. The minimum atomic E-state index is -4.03. The van der Waals surface area contributed by atoms with Crippen LogP contribution in [0.1, 0.15) is 16.8 Å². The molecule has 2 aliphatic rings. The topological polar surface area (TPSA) is 17.2 Å². The third kappa shape index (κ3) is 3.10. The summed E-state index contributed by atoms with van der Waals surface area (Å²) in [5.41, 5.74) is 3.52. The van der Waals surface area contributed by atoms with Gasteiger partial charge in [0, 0.05) is 33.8 Å². The summed E-state index contributed by atoms with van der Waals surface area (Å²) in [4.78, 5) is 0. The maximum atomic E-state index is 15.3. The van der Waals surface area contributed by atoms with Crippen LogP contribution >= 0.6 is 31.9 Å². The first-order valence-corrected chi connectivity index (χ1v) is 11.0. The van der Waals surface area contributed by atoms with Gasteiger partial charge in [-0.3, -0.25) is 0 Å². The highest BCUT2D eigenvalue weighted by atomic mass is 79.9. The second-order valence-corrected chi connectivity index (χ2v) is 8.71. The molecule has 1 aromatic heterocycles. The average Bonchev–Trinajstić information content (AvgIpc) is 3.32. The van der Waals surface area contributed by atoms with Crippen LogP contribution in [0, 0.1) is 0 Å². The molecule has 0 N–H and O–H groups in total. The van der Waals surface area contributed by atoms with E-state index in [1.165, 1.54) is 0 Å². The first kappa shape index (κ1) is 19.5. The van der Waals surface area contributed by atoms with E-state index < -0.39 is 6.97 Å². The fourth-order valence-corrected chi connectivity index (χ4v) is 5.05. The van der Waals surface area contributed by atoms with E-state index in [9.17, 15) is 0 Å². The summed E-state index contributed by atoms with van der Waals surface area (Å²) in [6.45, 7) is -3.59. The number of hydrogen-bond acceptors (Lipinski definition) is 1. The number of allylic oxidation sites excluding steroid dienone is 2. The van der Waals surface area contributed by atoms with Crippen LogP contribution in [0.2, 0.25) is 0 Å². The summed E-state index contributed by atoms with van der Waals surface area (Å²) in [6.07, 6.45) is 3.37. The third-order valence-corrected chi connectivity index (χ3v) is 6.53. The maximum Gasteiger partial charge on any atom is 0.738 e. The Hall–Kier alpha value is -2.45. The highest BCUT2D eigenvalue weighted by Gasteiger charge is 2.54. The van der Waals surface area contributed by atoms with Gasteiger partial charge >= 0.3 is 6.97 Å². The first-order chi connectivity index (χ1) is 14.5. The molecule has 3 heterocycles. The lowest BCUT2D eigenvalue weighted by molar-refractivity contribution is -0.358. The number of rotatable bonds is 4. The van der Waals surface area contributed by atoms with Gasteiger partial charge in [-0.2, -0.15) is 0 Å². The van der Waals surface area contributed by atoms with Crippen molar-refractivity contribution in [2.24, 2.45) is 0 Å². The van der Waals surface area contributed by atoms with Crippen LogP contribution in [-0.4, -0.2) is 20.6 Å². The molecular weight excluding hydrogens is 517 g/mol. The van der Waals surface area contributed by atoms with Gasteiger partial charge in [-0.15, -0.1) is 0 Å². The predicted octanol–water partition coefficient (Wildman–Crippen LogP) is 6.20. The zero-order chi connectivity index (χ0) is 20.9. The van der Waals surface area contributed by atoms with Gasteiger partial charge in [0.1, 0.15) is 12.4 Å². The third-order valence-electron chi connectivity index (χ3n) is 5.24. The number of fused-ring (bicyclic) bond motifs is 2. The lowest BCUT2D eigenvalue weighted by atomic mass is 9.86. The van der Waals surface area contributed by atoms with E-state index in [2.05, 4.69) is 31.9 Å². The van der Waals surface area contributed by atoms with Crippen LogP contribution in [0.4, 0.5) is 8.63 Å². The quantitative estimate of drug-likeness (QED) is 0.366. The summed E-state index contributed by atoms with van der Waals surface area (Å²) in [5, 5.41) is 0. The number of aromatic nitrogens is 1. The fraction of sp³-hybridized carbons (Fsp3) is 0.0455. The molecule has 5 rings (SSSR count). The molecule has 30 heavy (non-hydrogen) atoms. The number of ether oxygens (including phenoxy) is 1. The molecule has 3 nitrogen and oxygen atoms in total. The molecule has 0 atom stereocenters. The predicted molar refractivity (Wildman–Crippen MR) is 122 cm³/mol. The SMILES string of the molecule is F[B-]1(F)n2c(Br)ccc2C(c2cccc(OCc3ccccc3)c2)=C2C=CC(Br)=[N+]21. The zero-order valence-electron chi connectivity index (χ0n) is 15.6. The Morgan fingerprint density at radius 1 is 0.933 bits per heavy atom. The normalized spacial score (nSPS) is 16.7. The maximum absolute atomic E-state index is 15.3. The van der Waals surface area contributed by atoms with Gasteiger partial charge in [0.25, 0.3) is 0 Å². The molecule has 3 aromatic rings. The van der Waals surface area contributed by atoms with Gasteiger partial charge in [0.05, 0.1) is 10.2 Å². The lowest BCUT2D eigenvalue weighted by Gasteiger charge is -2.32. The van der Waals surface area contributed by atoms with Crippen molar-refractivity contribution in [1.29, 1.82) is 0 Å². The molecule has 0 amide bonds. The van der Waals surface area contributed by atoms with Crippen LogP contribution in [0.15, 0.2) is 89.2 Å². The van der Waals surface area contributed by atoms with Gasteiger partial charge in [0.15, 0.2) is 5.70 Å². The number of nitrogens with zero attached hydrogens (tertiary/aromatic N) is 2. The molecule has 2 aromatic carbocycles. The van der Waals surface area contributed by atoms with Crippen molar-refractivity contribution >= 4 is 49.0 Å². The van der Waals surface area contributed by atoms with Gasteiger partial charge in [-0.25, -0.2) is 0 Å². The Morgan fingerprint density at radius 3 is 2.53 bits per heavy atom. The van der Waals surface area contributed by atoms with Crippen LogP contribution in [-0.2, 0) is 6.61 Å². The van der Waals surface area contributed by atoms with Crippen molar-refractivity contribution in [2.45, 2.75) is 6.61 Å². The van der Waals surface area contributed by atoms with Crippen LogP contribution in [0.3, 0.4) is 0 Å². The molecule has 0 spiro atoms. The Kier molecular flexibility index (Phi) is 4.78. The lowest BCUT2D eigenvalue weighted by Crippen LogP contribution is -2.50. The van der Waals surface area contributed by atoms with Crippen molar-refractivity contribution in [2.75, 3.05) is 0 Å². The Balaban J connectivity index is 1.60. The fourth-order valence-electron chi connectivity index (χ4n) is 3.91. The molecule has 0 unspecified atom stereocenters. The monoisotopic (exact) mass is 530 g/mol. The van der Waals surface area contributed by atoms with Crippen LogP contribution in [0.5, 0.6) is 5.75 Å². The van der Waals surface area contributed by atoms with Gasteiger partial charge in [-0.05, 0) is 51.3 Å². The van der Waals surface area contributed by atoms with Crippen molar-refractivity contribution in [3.8, 4) is 5.75 Å². The standard InChI is InChI=1S/C22H15BBr2F2N2O/c24-20-11-9-18-22(19-10-12-21(25)29(19)23(26,27)28(18)20)16-7-4-8-17(13-16)30-14-15-5-2-1-3-6-15/h1-13H,14H2. The van der Waals surface area contributed by atoms with Crippen molar-refractivity contribution in [3.63, 3.8) is 0 Å². The summed E-state index contributed by atoms with van der Waals surface area (Å²) in [5.74, 6) is 0.682. The minimum Gasteiger partial charge on any atom is -0.489 e. The Labute approximate surface area is 189 Å². The van der Waals surface area contributed by atoms with Crippen LogP contribution < -0.4 is 4.74 Å². The van der Waals surface area contributed by atoms with Gasteiger partial charge in [0.2, 0.25) is 4.62 Å². The Bertz CT molecular complexity index is 1250. The van der Waals surface area contributed by atoms with Crippen LogP contribution in [0.25, 0.3) is 5.57 Å². The van der Waals surface area contributed by atoms with E-state index in [-0.39, 0.29) is 0 Å².